The zero-order valence-corrected chi connectivity index (χ0v) is 13.4. The summed E-state index contributed by atoms with van der Waals surface area (Å²) in [6.45, 7) is 1.96. The summed E-state index contributed by atoms with van der Waals surface area (Å²) in [7, 11) is -3.59. The number of thiophene rings is 1. The molecule has 2 heterocycles. The average Bonchev–Trinajstić information content (AvgIpc) is 3.05. The first kappa shape index (κ1) is 14.6. The summed E-state index contributed by atoms with van der Waals surface area (Å²) >= 11 is 6.80. The summed E-state index contributed by atoms with van der Waals surface area (Å²) in [5, 5.41) is 0. The Morgan fingerprint density at radius 3 is 2.71 bits per heavy atom. The van der Waals surface area contributed by atoms with Crippen molar-refractivity contribution in [3.05, 3.63) is 40.2 Å². The van der Waals surface area contributed by atoms with Crippen molar-refractivity contribution in [1.29, 1.82) is 0 Å². The lowest BCUT2D eigenvalue weighted by Crippen LogP contribution is -2.26. The van der Waals surface area contributed by atoms with Gasteiger partial charge in [-0.15, -0.1) is 11.3 Å². The highest BCUT2D eigenvalue weighted by molar-refractivity contribution is 7.91. The Kier molecular flexibility index (Phi) is 3.83. The molecule has 1 aromatic carbocycles. The Hall–Kier alpha value is -1.28. The molecule has 2 aromatic rings. The van der Waals surface area contributed by atoms with E-state index in [1.807, 2.05) is 6.07 Å². The van der Waals surface area contributed by atoms with Crippen molar-refractivity contribution in [2.24, 2.45) is 0 Å². The Bertz CT molecular complexity index is 772. The minimum Gasteiger partial charge on any atom is -0.454 e. The van der Waals surface area contributed by atoms with Gasteiger partial charge in [0, 0.05) is 6.04 Å². The molecule has 3 rings (SSSR count). The van der Waals surface area contributed by atoms with Crippen LogP contribution in [0.4, 0.5) is 0 Å². The van der Waals surface area contributed by atoms with Crippen LogP contribution in [0.1, 0.15) is 18.5 Å². The number of hydrogen-bond donors (Lipinski definition) is 1. The predicted molar refractivity (Wildman–Crippen MR) is 80.6 cm³/mol. The van der Waals surface area contributed by atoms with E-state index in [1.54, 1.807) is 25.1 Å². The lowest BCUT2D eigenvalue weighted by Gasteiger charge is -2.14. The molecule has 112 valence electrons. The summed E-state index contributed by atoms with van der Waals surface area (Å²) < 4.78 is 38.3. The number of halogens is 1. The summed E-state index contributed by atoms with van der Waals surface area (Å²) in [5.74, 6) is 1.29. The number of fused-ring (bicyclic) bond motifs is 1. The van der Waals surface area contributed by atoms with Gasteiger partial charge < -0.3 is 9.47 Å². The highest BCUT2D eigenvalue weighted by Crippen LogP contribution is 2.34. The van der Waals surface area contributed by atoms with Crippen LogP contribution in [0.5, 0.6) is 11.5 Å². The second-order valence-corrected chi connectivity index (χ2v) is 8.17. The highest BCUT2D eigenvalue weighted by Gasteiger charge is 2.22. The van der Waals surface area contributed by atoms with E-state index in [0.717, 1.165) is 16.9 Å². The molecule has 21 heavy (non-hydrogen) atoms. The van der Waals surface area contributed by atoms with Crippen molar-refractivity contribution < 1.29 is 17.9 Å². The zero-order valence-electron chi connectivity index (χ0n) is 11.0. The number of hydrogen-bond acceptors (Lipinski definition) is 5. The summed E-state index contributed by atoms with van der Waals surface area (Å²) in [6.07, 6.45) is 0. The van der Waals surface area contributed by atoms with Gasteiger partial charge in [-0.3, -0.25) is 0 Å². The van der Waals surface area contributed by atoms with Crippen LogP contribution in [0.25, 0.3) is 0 Å². The summed E-state index contributed by atoms with van der Waals surface area (Å²) in [4.78, 5) is 0. The van der Waals surface area contributed by atoms with E-state index < -0.39 is 16.1 Å². The zero-order chi connectivity index (χ0) is 15.0. The van der Waals surface area contributed by atoms with Gasteiger partial charge in [0.1, 0.15) is 4.21 Å². The fourth-order valence-corrected chi connectivity index (χ4v) is 4.71. The Morgan fingerprint density at radius 1 is 1.24 bits per heavy atom. The van der Waals surface area contributed by atoms with E-state index in [1.165, 1.54) is 6.07 Å². The van der Waals surface area contributed by atoms with Gasteiger partial charge in [-0.25, -0.2) is 13.1 Å². The molecule has 0 saturated heterocycles. The van der Waals surface area contributed by atoms with Crippen LogP contribution in [-0.4, -0.2) is 15.2 Å². The van der Waals surface area contributed by atoms with Gasteiger partial charge in [0.25, 0.3) is 10.0 Å². The number of rotatable bonds is 4. The molecule has 1 aromatic heterocycles. The molecule has 0 saturated carbocycles. The second-order valence-electron chi connectivity index (χ2n) is 4.51. The minimum absolute atomic E-state index is 0.187. The molecule has 0 radical (unpaired) electrons. The Balaban J connectivity index is 1.81. The molecule has 1 unspecified atom stereocenters. The van der Waals surface area contributed by atoms with Gasteiger partial charge in [-0.1, -0.05) is 17.7 Å². The predicted octanol–water partition coefficient (Wildman–Crippen LogP) is 3.17. The maximum atomic E-state index is 12.2. The average molecular weight is 346 g/mol. The van der Waals surface area contributed by atoms with Crippen LogP contribution in [0.3, 0.4) is 0 Å². The first-order valence-corrected chi connectivity index (χ1v) is 8.81. The molecule has 0 aliphatic carbocycles. The third kappa shape index (κ3) is 3.01. The van der Waals surface area contributed by atoms with Crippen LogP contribution in [0, 0.1) is 0 Å². The van der Waals surface area contributed by atoms with Gasteiger partial charge in [0.15, 0.2) is 11.5 Å². The number of nitrogens with one attached hydrogen (secondary N) is 1. The van der Waals surface area contributed by atoms with Crippen LogP contribution in [0.15, 0.2) is 34.5 Å². The van der Waals surface area contributed by atoms with Crippen LogP contribution in [0.2, 0.25) is 4.34 Å². The number of sulfonamides is 1. The van der Waals surface area contributed by atoms with E-state index in [-0.39, 0.29) is 11.0 Å². The maximum absolute atomic E-state index is 12.2. The summed E-state index contributed by atoms with van der Waals surface area (Å²) in [5.41, 5.74) is 0.797. The maximum Gasteiger partial charge on any atom is 0.250 e. The highest BCUT2D eigenvalue weighted by atomic mass is 35.5. The SMILES string of the molecule is CC(NS(=O)(=O)c1ccc(Cl)s1)c1ccc2c(c1)OCO2. The van der Waals surface area contributed by atoms with Gasteiger partial charge in [0.2, 0.25) is 6.79 Å². The van der Waals surface area contributed by atoms with Crippen LogP contribution in [-0.2, 0) is 10.0 Å². The molecule has 0 fully saturated rings. The van der Waals surface area contributed by atoms with Crippen molar-refractivity contribution in [1.82, 2.24) is 4.72 Å². The minimum atomic E-state index is -3.59. The number of ether oxygens (including phenoxy) is 2. The third-order valence-corrected chi connectivity index (χ3v) is 6.31. The molecule has 1 aliphatic heterocycles. The van der Waals surface area contributed by atoms with Crippen LogP contribution < -0.4 is 14.2 Å². The van der Waals surface area contributed by atoms with E-state index >= 15 is 0 Å². The van der Waals surface area contributed by atoms with E-state index in [0.29, 0.717) is 15.8 Å². The van der Waals surface area contributed by atoms with Crippen molar-refractivity contribution in [3.8, 4) is 11.5 Å². The quantitative estimate of drug-likeness (QED) is 0.924. The van der Waals surface area contributed by atoms with E-state index in [4.69, 9.17) is 21.1 Å². The lowest BCUT2D eigenvalue weighted by atomic mass is 10.1. The second kappa shape index (κ2) is 5.49. The molecular formula is C13H12ClNO4S2. The first-order valence-electron chi connectivity index (χ1n) is 6.13. The third-order valence-electron chi connectivity index (χ3n) is 3.04. The molecule has 0 bridgehead atoms. The van der Waals surface area contributed by atoms with Crippen LogP contribution >= 0.6 is 22.9 Å². The molecule has 1 N–H and O–H groups in total. The van der Waals surface area contributed by atoms with Crippen molar-refractivity contribution in [2.45, 2.75) is 17.2 Å². The van der Waals surface area contributed by atoms with Crippen molar-refractivity contribution in [2.75, 3.05) is 6.79 Å². The van der Waals surface area contributed by atoms with Gasteiger partial charge in [-0.2, -0.15) is 0 Å². The van der Waals surface area contributed by atoms with Gasteiger partial charge >= 0.3 is 0 Å². The largest absolute Gasteiger partial charge is 0.454 e. The van der Waals surface area contributed by atoms with Gasteiger partial charge in [-0.05, 0) is 36.8 Å². The van der Waals surface area contributed by atoms with E-state index in [9.17, 15) is 8.42 Å². The number of benzene rings is 1. The topological polar surface area (TPSA) is 64.6 Å². The Morgan fingerprint density at radius 2 is 2.00 bits per heavy atom. The van der Waals surface area contributed by atoms with Crippen molar-refractivity contribution in [3.63, 3.8) is 0 Å². The fraction of sp³-hybridized carbons (Fsp3) is 0.231. The Labute approximate surface area is 131 Å². The molecule has 1 atom stereocenters. The normalized spacial score (nSPS) is 15.1. The molecule has 8 heteroatoms. The molecule has 5 nitrogen and oxygen atoms in total. The van der Waals surface area contributed by atoms with Gasteiger partial charge in [0.05, 0.1) is 4.34 Å². The summed E-state index contributed by atoms with van der Waals surface area (Å²) in [6, 6.07) is 8.00. The molecule has 1 aliphatic rings. The molecular weight excluding hydrogens is 334 g/mol. The monoisotopic (exact) mass is 345 g/mol. The van der Waals surface area contributed by atoms with E-state index in [2.05, 4.69) is 4.72 Å². The fourth-order valence-electron chi connectivity index (χ4n) is 1.98. The lowest BCUT2D eigenvalue weighted by molar-refractivity contribution is 0.174. The molecule has 0 amide bonds. The first-order chi connectivity index (χ1) is 9.95. The molecule has 0 spiro atoms. The standard InChI is InChI=1S/C13H12ClNO4S2/c1-8(9-2-3-10-11(6-9)19-7-18-10)15-21(16,17)13-5-4-12(14)20-13/h2-6,8,15H,7H2,1H3. The smallest absolute Gasteiger partial charge is 0.250 e. The van der Waals surface area contributed by atoms with Crippen molar-refractivity contribution >= 4 is 33.0 Å².